The first-order valence-electron chi connectivity index (χ1n) is 7.12. The quantitative estimate of drug-likeness (QED) is 0.783. The van der Waals surface area contributed by atoms with Gasteiger partial charge < -0.3 is 4.74 Å². The summed E-state index contributed by atoms with van der Waals surface area (Å²) < 4.78 is 5.60. The third-order valence-corrected chi connectivity index (χ3v) is 5.83. The molecule has 0 bridgehead atoms. The van der Waals surface area contributed by atoms with E-state index in [1.807, 2.05) is 6.92 Å². The van der Waals surface area contributed by atoms with Crippen molar-refractivity contribution in [2.45, 2.75) is 51.6 Å². The molecular weight excluding hydrogens is 292 g/mol. The summed E-state index contributed by atoms with van der Waals surface area (Å²) in [6.45, 7) is 4.09. The van der Waals surface area contributed by atoms with Crippen LogP contribution in [0.5, 0.6) is 0 Å². The predicted molar refractivity (Wildman–Crippen MR) is 83.7 cm³/mol. The smallest absolute Gasteiger partial charge is 0.163 e. The molecule has 1 unspecified atom stereocenters. The standard InChI is InChI=1S/C15H19ClN2OS/c1-4-15(2,19-3)14-17-12(16)11-9-7-5-6-8-10(9)20-13(11)18-14/h4-8H2,1-3H3. The van der Waals surface area contributed by atoms with Gasteiger partial charge in [-0.25, -0.2) is 9.97 Å². The molecule has 0 aromatic carbocycles. The number of rotatable bonds is 3. The van der Waals surface area contributed by atoms with Crippen molar-refractivity contribution >= 4 is 33.2 Å². The molecule has 1 aliphatic rings. The zero-order valence-electron chi connectivity index (χ0n) is 12.1. The van der Waals surface area contributed by atoms with Gasteiger partial charge in [0.15, 0.2) is 5.82 Å². The molecule has 2 aromatic rings. The summed E-state index contributed by atoms with van der Waals surface area (Å²) in [6.07, 6.45) is 5.57. The second-order valence-electron chi connectivity index (χ2n) is 5.52. The first kappa shape index (κ1) is 14.2. The van der Waals surface area contributed by atoms with Crippen molar-refractivity contribution in [2.75, 3.05) is 7.11 Å². The molecule has 20 heavy (non-hydrogen) atoms. The lowest BCUT2D eigenvalue weighted by molar-refractivity contribution is -0.00864. The highest BCUT2D eigenvalue weighted by Gasteiger charge is 2.30. The van der Waals surface area contributed by atoms with Crippen LogP contribution >= 0.6 is 22.9 Å². The largest absolute Gasteiger partial charge is 0.371 e. The molecule has 3 rings (SSSR count). The zero-order chi connectivity index (χ0) is 14.3. The van der Waals surface area contributed by atoms with Crippen molar-refractivity contribution in [2.24, 2.45) is 0 Å². The maximum Gasteiger partial charge on any atom is 0.163 e. The maximum atomic E-state index is 6.46. The molecule has 3 nitrogen and oxygen atoms in total. The van der Waals surface area contributed by atoms with E-state index in [2.05, 4.69) is 11.9 Å². The minimum absolute atomic E-state index is 0.470. The minimum Gasteiger partial charge on any atom is -0.371 e. The summed E-state index contributed by atoms with van der Waals surface area (Å²) in [5.74, 6) is 0.693. The van der Waals surface area contributed by atoms with Gasteiger partial charge in [0.2, 0.25) is 0 Å². The summed E-state index contributed by atoms with van der Waals surface area (Å²) in [5.41, 5.74) is 0.908. The highest BCUT2D eigenvalue weighted by atomic mass is 35.5. The van der Waals surface area contributed by atoms with E-state index in [0.29, 0.717) is 11.0 Å². The minimum atomic E-state index is -0.470. The molecule has 1 aliphatic carbocycles. The summed E-state index contributed by atoms with van der Waals surface area (Å²) in [6, 6.07) is 0. The zero-order valence-corrected chi connectivity index (χ0v) is 13.7. The number of methoxy groups -OCH3 is 1. The van der Waals surface area contributed by atoms with E-state index in [1.165, 1.54) is 23.3 Å². The molecule has 1 atom stereocenters. The second-order valence-corrected chi connectivity index (χ2v) is 6.96. The van der Waals surface area contributed by atoms with E-state index in [1.54, 1.807) is 18.4 Å². The number of hydrogen-bond acceptors (Lipinski definition) is 4. The van der Waals surface area contributed by atoms with Gasteiger partial charge in [-0.1, -0.05) is 18.5 Å². The molecule has 0 N–H and O–H groups in total. The Morgan fingerprint density at radius 3 is 2.75 bits per heavy atom. The lowest BCUT2D eigenvalue weighted by Gasteiger charge is -2.24. The van der Waals surface area contributed by atoms with E-state index in [4.69, 9.17) is 21.3 Å². The number of fused-ring (bicyclic) bond motifs is 3. The van der Waals surface area contributed by atoms with Crippen molar-refractivity contribution < 1.29 is 4.74 Å². The monoisotopic (exact) mass is 310 g/mol. The van der Waals surface area contributed by atoms with Crippen LogP contribution in [0.4, 0.5) is 0 Å². The van der Waals surface area contributed by atoms with Gasteiger partial charge in [0, 0.05) is 12.0 Å². The summed E-state index contributed by atoms with van der Waals surface area (Å²) in [4.78, 5) is 11.7. The molecule has 0 spiro atoms. The fourth-order valence-corrected chi connectivity index (χ4v) is 4.34. The third kappa shape index (κ3) is 2.14. The molecule has 0 amide bonds. The van der Waals surface area contributed by atoms with E-state index in [0.717, 1.165) is 29.5 Å². The van der Waals surface area contributed by atoms with Gasteiger partial charge in [0.05, 0.1) is 5.39 Å². The Balaban J connectivity index is 2.20. The van der Waals surface area contributed by atoms with E-state index < -0.39 is 5.60 Å². The Hall–Kier alpha value is -0.710. The molecule has 2 heterocycles. The summed E-state index contributed by atoms with van der Waals surface area (Å²) >= 11 is 8.23. The van der Waals surface area contributed by atoms with Crippen molar-refractivity contribution in [3.8, 4) is 0 Å². The number of aromatic nitrogens is 2. The Morgan fingerprint density at radius 1 is 1.30 bits per heavy atom. The van der Waals surface area contributed by atoms with Gasteiger partial charge in [-0.15, -0.1) is 11.3 Å². The van der Waals surface area contributed by atoms with Crippen molar-refractivity contribution in [1.82, 2.24) is 9.97 Å². The van der Waals surface area contributed by atoms with Crippen molar-refractivity contribution in [1.29, 1.82) is 0 Å². The molecule has 2 aromatic heterocycles. The topological polar surface area (TPSA) is 35.0 Å². The predicted octanol–water partition coefficient (Wildman–Crippen LogP) is 4.50. The SMILES string of the molecule is CCC(C)(OC)c1nc(Cl)c2c3c(sc2n1)CCCC3. The van der Waals surface area contributed by atoms with Crippen LogP contribution in [0, 0.1) is 0 Å². The van der Waals surface area contributed by atoms with Crippen LogP contribution in [0.15, 0.2) is 0 Å². The van der Waals surface area contributed by atoms with Crippen LogP contribution in [-0.4, -0.2) is 17.1 Å². The molecule has 108 valence electrons. The first-order chi connectivity index (χ1) is 9.59. The fourth-order valence-electron chi connectivity index (χ4n) is 2.74. The fraction of sp³-hybridized carbons (Fsp3) is 0.600. The van der Waals surface area contributed by atoms with Gasteiger partial charge in [-0.3, -0.25) is 0 Å². The second kappa shape index (κ2) is 5.24. The maximum absolute atomic E-state index is 6.46. The van der Waals surface area contributed by atoms with Crippen LogP contribution in [0.3, 0.4) is 0 Å². The van der Waals surface area contributed by atoms with E-state index in [-0.39, 0.29) is 0 Å². The van der Waals surface area contributed by atoms with Crippen LogP contribution < -0.4 is 0 Å². The van der Waals surface area contributed by atoms with E-state index in [9.17, 15) is 0 Å². The summed E-state index contributed by atoms with van der Waals surface area (Å²) in [5, 5.41) is 1.66. The van der Waals surface area contributed by atoms with Gasteiger partial charge in [0.25, 0.3) is 0 Å². The number of ether oxygens (including phenoxy) is 1. The van der Waals surface area contributed by atoms with Crippen LogP contribution in [0.2, 0.25) is 5.15 Å². The average Bonchev–Trinajstić information content (AvgIpc) is 2.85. The highest BCUT2D eigenvalue weighted by Crippen LogP contribution is 2.39. The number of nitrogens with zero attached hydrogens (tertiary/aromatic N) is 2. The molecule has 5 heteroatoms. The number of hydrogen-bond donors (Lipinski definition) is 0. The van der Waals surface area contributed by atoms with Crippen LogP contribution in [0.25, 0.3) is 10.2 Å². The van der Waals surface area contributed by atoms with Crippen LogP contribution in [-0.2, 0) is 23.2 Å². The first-order valence-corrected chi connectivity index (χ1v) is 8.32. The summed E-state index contributed by atoms with van der Waals surface area (Å²) in [7, 11) is 1.70. The Kier molecular flexibility index (Phi) is 3.73. The Bertz CT molecular complexity index is 649. The Morgan fingerprint density at radius 2 is 2.05 bits per heavy atom. The lowest BCUT2D eigenvalue weighted by atomic mass is 9.97. The molecule has 0 radical (unpaired) electrons. The molecule has 0 aliphatic heterocycles. The highest BCUT2D eigenvalue weighted by molar-refractivity contribution is 7.19. The lowest BCUT2D eigenvalue weighted by Crippen LogP contribution is -2.26. The van der Waals surface area contributed by atoms with E-state index >= 15 is 0 Å². The Labute approximate surface area is 128 Å². The third-order valence-electron chi connectivity index (χ3n) is 4.37. The van der Waals surface area contributed by atoms with Gasteiger partial charge in [-0.05, 0) is 44.6 Å². The van der Waals surface area contributed by atoms with Crippen molar-refractivity contribution in [3.05, 3.63) is 21.4 Å². The van der Waals surface area contributed by atoms with Gasteiger partial charge in [0.1, 0.15) is 15.6 Å². The number of halogens is 1. The molecule has 0 saturated heterocycles. The van der Waals surface area contributed by atoms with Crippen molar-refractivity contribution in [3.63, 3.8) is 0 Å². The molecule has 0 saturated carbocycles. The number of aryl methyl sites for hydroxylation is 2. The number of thiophene rings is 1. The normalized spacial score (nSPS) is 18.0. The van der Waals surface area contributed by atoms with Gasteiger partial charge >= 0.3 is 0 Å². The van der Waals surface area contributed by atoms with Gasteiger partial charge in [-0.2, -0.15) is 0 Å². The molecular formula is C15H19ClN2OS. The average molecular weight is 311 g/mol. The van der Waals surface area contributed by atoms with Crippen LogP contribution in [0.1, 0.15) is 49.4 Å². The molecule has 0 fully saturated rings.